The van der Waals surface area contributed by atoms with Crippen LogP contribution >= 0.6 is 0 Å². The van der Waals surface area contributed by atoms with Gasteiger partial charge in [-0.05, 0) is 116 Å². The summed E-state index contributed by atoms with van der Waals surface area (Å²) in [6.45, 7) is 2.67. The Morgan fingerprint density at radius 1 is 0.385 bits per heavy atom. The van der Waals surface area contributed by atoms with Crippen LogP contribution in [0.1, 0.15) is 271 Å². The fraction of sp³-hybridized carbons (Fsp3) is 0.695. The first-order valence-corrected chi connectivity index (χ1v) is 38.1. The van der Waals surface area contributed by atoms with Gasteiger partial charge in [-0.15, -0.1) is 0 Å². The summed E-state index contributed by atoms with van der Waals surface area (Å²) in [4.78, 5) is 13.4. The lowest BCUT2D eigenvalue weighted by Crippen LogP contribution is -2.65. The maximum Gasteiger partial charge on any atom is 0.220 e. The first-order valence-electron chi connectivity index (χ1n) is 38.1. The number of nitrogens with one attached hydrogen (secondary N) is 1. The molecule has 0 spiro atoms. The van der Waals surface area contributed by atoms with Crippen molar-refractivity contribution in [2.24, 2.45) is 0 Å². The van der Waals surface area contributed by atoms with Crippen molar-refractivity contribution >= 4 is 5.91 Å². The summed E-state index contributed by atoms with van der Waals surface area (Å²) in [6, 6.07) is -0.954. The van der Waals surface area contributed by atoms with E-state index in [1.807, 2.05) is 6.08 Å². The zero-order valence-electron chi connectivity index (χ0n) is 59.8. The van der Waals surface area contributed by atoms with E-state index in [-0.39, 0.29) is 18.9 Å². The lowest BCUT2D eigenvalue weighted by atomic mass is 9.97. The molecule has 12 unspecified atom stereocenters. The van der Waals surface area contributed by atoms with Gasteiger partial charge in [0.2, 0.25) is 5.91 Å². The van der Waals surface area contributed by atoms with Crippen LogP contribution in [0.2, 0.25) is 0 Å². The van der Waals surface area contributed by atoms with Gasteiger partial charge in [0, 0.05) is 6.42 Å². The maximum absolute atomic E-state index is 13.4. The minimum absolute atomic E-state index is 0.253. The smallest absolute Gasteiger partial charge is 0.220 e. The summed E-state index contributed by atoms with van der Waals surface area (Å²) in [5, 5.41) is 87.5. The third kappa shape index (κ3) is 47.0. The topological polar surface area (TPSA) is 228 Å². The van der Waals surface area contributed by atoms with E-state index in [9.17, 15) is 45.6 Å². The molecule has 0 aromatic rings. The van der Waals surface area contributed by atoms with E-state index in [2.05, 4.69) is 153 Å². The molecular weight excluding hydrogens is 1210 g/mol. The molecule has 2 fully saturated rings. The molecule has 0 aromatic heterocycles. The van der Waals surface area contributed by atoms with Crippen molar-refractivity contribution in [2.45, 2.75) is 344 Å². The van der Waals surface area contributed by atoms with Crippen LogP contribution < -0.4 is 5.32 Å². The van der Waals surface area contributed by atoms with Gasteiger partial charge in [0.15, 0.2) is 12.6 Å². The normalized spacial score (nSPS) is 23.1. The van der Waals surface area contributed by atoms with Crippen LogP contribution in [0.15, 0.2) is 146 Å². The number of carbonyl (C=O) groups excluding carboxylic acids is 1. The van der Waals surface area contributed by atoms with Crippen molar-refractivity contribution in [2.75, 3.05) is 19.8 Å². The summed E-state index contributed by atoms with van der Waals surface area (Å²) in [7, 11) is 0. The van der Waals surface area contributed by atoms with Crippen LogP contribution in [0.25, 0.3) is 0 Å². The van der Waals surface area contributed by atoms with Crippen molar-refractivity contribution in [3.63, 3.8) is 0 Å². The van der Waals surface area contributed by atoms with Gasteiger partial charge in [0.1, 0.15) is 48.8 Å². The van der Waals surface area contributed by atoms with Gasteiger partial charge in [0.25, 0.3) is 0 Å². The molecule has 14 nitrogen and oxygen atoms in total. The monoisotopic (exact) mass is 1340 g/mol. The van der Waals surface area contributed by atoms with Crippen LogP contribution in [-0.2, 0) is 23.7 Å². The quantitative estimate of drug-likeness (QED) is 0.0204. The van der Waals surface area contributed by atoms with Gasteiger partial charge in [-0.3, -0.25) is 4.79 Å². The third-order valence-electron chi connectivity index (χ3n) is 17.5. The van der Waals surface area contributed by atoms with E-state index >= 15 is 0 Å². The zero-order valence-corrected chi connectivity index (χ0v) is 59.8. The Morgan fingerprint density at radius 2 is 0.729 bits per heavy atom. The van der Waals surface area contributed by atoms with Crippen LogP contribution in [0.3, 0.4) is 0 Å². The van der Waals surface area contributed by atoms with Crippen LogP contribution in [0.5, 0.6) is 0 Å². The minimum Gasteiger partial charge on any atom is -0.394 e. The van der Waals surface area contributed by atoms with Gasteiger partial charge >= 0.3 is 0 Å². The van der Waals surface area contributed by atoms with Gasteiger partial charge in [-0.25, -0.2) is 0 Å². The number of hydrogen-bond acceptors (Lipinski definition) is 13. The highest BCUT2D eigenvalue weighted by Gasteiger charge is 2.51. The number of rotatable bonds is 61. The molecule has 2 heterocycles. The standard InChI is InChI=1S/C82H137NO13/c1-3-5-7-9-11-13-15-17-19-21-23-25-27-29-30-31-32-33-34-35-36-37-38-39-40-42-44-46-48-50-52-54-56-58-60-62-64-66-74(87)83-70(69-93-81-79(92)77(90)80(73(68-85)95-81)96-82-78(91)76(89)75(88)72(67-84)94-82)71(86)65-63-61-59-57-55-53-51-49-47-45-43-41-28-26-24-22-20-18-16-14-12-10-8-6-4-2/h5,7,11,13,17,19,23,25,29-30,32-33,35-36,38-39,42,44,47,49,55,57,63,65,70-73,75-82,84-86,88-92H,3-4,6,8-10,12,14-16,18,20-22,24,26-28,31,34,37,40-41,43,45-46,48,50-54,56,58-62,64,66-69H2,1-2H3,(H,83,87)/b7-5-,13-11-,19-17-,25-23-,30-29-,33-32-,36-35-,39-38-,44-42-,49-47+,57-55+,65-63+. The number of allylic oxidation sites excluding steroid dienone is 23. The predicted molar refractivity (Wildman–Crippen MR) is 396 cm³/mol. The molecule has 2 rings (SSSR count). The van der Waals surface area contributed by atoms with Gasteiger partial charge < -0.3 is 65.1 Å². The van der Waals surface area contributed by atoms with Crippen molar-refractivity contribution in [1.29, 1.82) is 0 Å². The number of carbonyl (C=O) groups is 1. The second kappa shape index (κ2) is 64.3. The van der Waals surface area contributed by atoms with Crippen molar-refractivity contribution < 1.29 is 64.6 Å². The van der Waals surface area contributed by atoms with Gasteiger partial charge in [-0.2, -0.15) is 0 Å². The predicted octanol–water partition coefficient (Wildman–Crippen LogP) is 16.8. The molecule has 2 aliphatic heterocycles. The second-order valence-corrected chi connectivity index (χ2v) is 26.0. The average Bonchev–Trinajstić information content (AvgIpc) is 0.857. The van der Waals surface area contributed by atoms with Crippen molar-refractivity contribution in [3.8, 4) is 0 Å². The molecule has 9 N–H and O–H groups in total. The molecule has 0 saturated carbocycles. The molecule has 1 amide bonds. The number of ether oxygens (including phenoxy) is 4. The molecule has 0 aromatic carbocycles. The summed E-state index contributed by atoms with van der Waals surface area (Å²) in [6.07, 6.45) is 80.5. The van der Waals surface area contributed by atoms with E-state index in [0.717, 1.165) is 116 Å². The lowest BCUT2D eigenvalue weighted by Gasteiger charge is -2.46. The lowest BCUT2D eigenvalue weighted by molar-refractivity contribution is -0.359. The average molecular weight is 1340 g/mol. The summed E-state index contributed by atoms with van der Waals surface area (Å²) in [5.74, 6) is -0.264. The SMILES string of the molecule is CC/C=C\C/C=C\C/C=C\C/C=C\C/C=C\C/C=C\C/C=C\C/C=C\C/C=C\CCCCCCCCCCCC(=O)NC(COC1OC(CO)C(OC2OC(CO)C(O)C(O)C2O)C(O)C1O)C(O)/C=C/CC/C=C/CC/C=C/CCCCCCCCCCCCCCCCC. The van der Waals surface area contributed by atoms with E-state index in [4.69, 9.17) is 18.9 Å². The molecule has 0 aliphatic carbocycles. The molecule has 2 saturated heterocycles. The number of aliphatic hydroxyl groups excluding tert-OH is 8. The Bertz CT molecular complexity index is 2180. The minimum atomic E-state index is -1.80. The van der Waals surface area contributed by atoms with Gasteiger partial charge in [-0.1, -0.05) is 295 Å². The molecular formula is C82H137NO13. The largest absolute Gasteiger partial charge is 0.394 e. The van der Waals surface area contributed by atoms with Gasteiger partial charge in [0.05, 0.1) is 32.0 Å². The molecule has 548 valence electrons. The third-order valence-corrected chi connectivity index (χ3v) is 17.5. The van der Waals surface area contributed by atoms with Crippen LogP contribution in [0, 0.1) is 0 Å². The van der Waals surface area contributed by atoms with Crippen molar-refractivity contribution in [3.05, 3.63) is 146 Å². The maximum atomic E-state index is 13.4. The number of hydrogen-bond donors (Lipinski definition) is 9. The Morgan fingerprint density at radius 3 is 1.15 bits per heavy atom. The first-order chi connectivity index (χ1) is 47.1. The summed E-state index contributed by atoms with van der Waals surface area (Å²) >= 11 is 0. The Hall–Kier alpha value is -4.13. The Kier molecular flexibility index (Phi) is 58.9. The molecule has 14 heteroatoms. The number of unbranched alkanes of at least 4 members (excludes halogenated alkanes) is 26. The van der Waals surface area contributed by atoms with E-state index in [1.165, 1.54) is 122 Å². The first kappa shape index (κ1) is 88.0. The van der Waals surface area contributed by atoms with Crippen molar-refractivity contribution in [1.82, 2.24) is 5.32 Å². The second-order valence-electron chi connectivity index (χ2n) is 26.0. The molecule has 0 bridgehead atoms. The molecule has 12 atom stereocenters. The van der Waals surface area contributed by atoms with E-state index < -0.39 is 86.8 Å². The highest BCUT2D eigenvalue weighted by atomic mass is 16.7. The highest BCUT2D eigenvalue weighted by Crippen LogP contribution is 2.30. The van der Waals surface area contributed by atoms with Crippen LogP contribution in [0.4, 0.5) is 0 Å². The number of aliphatic hydroxyl groups is 8. The van der Waals surface area contributed by atoms with E-state index in [1.54, 1.807) is 6.08 Å². The Balaban J connectivity index is 1.67. The zero-order chi connectivity index (χ0) is 69.4. The highest BCUT2D eigenvalue weighted by molar-refractivity contribution is 5.76. The Labute approximate surface area is 583 Å². The van der Waals surface area contributed by atoms with Crippen LogP contribution in [-0.4, -0.2) is 140 Å². The fourth-order valence-electron chi connectivity index (χ4n) is 11.5. The molecule has 0 radical (unpaired) electrons. The molecule has 2 aliphatic rings. The molecule has 96 heavy (non-hydrogen) atoms. The van der Waals surface area contributed by atoms with E-state index in [0.29, 0.717) is 12.8 Å². The fourth-order valence-corrected chi connectivity index (χ4v) is 11.5. The number of amides is 1. The summed E-state index contributed by atoms with van der Waals surface area (Å²) < 4.78 is 22.9. The summed E-state index contributed by atoms with van der Waals surface area (Å²) in [5.41, 5.74) is 0.